The molecule has 0 saturated carbocycles. The third-order valence-electron chi connectivity index (χ3n) is 4.77. The largest absolute Gasteiger partial charge is 0.353 e. The maximum absolute atomic E-state index is 6.02. The first-order valence-corrected chi connectivity index (χ1v) is 9.13. The van der Waals surface area contributed by atoms with Gasteiger partial charge in [-0.3, -0.25) is 0 Å². The van der Waals surface area contributed by atoms with Crippen LogP contribution in [0.3, 0.4) is 0 Å². The van der Waals surface area contributed by atoms with E-state index in [0.717, 1.165) is 58.9 Å². The molecule has 0 aliphatic carbocycles. The second kappa shape index (κ2) is 8.21. The van der Waals surface area contributed by atoms with Crippen molar-refractivity contribution in [2.24, 2.45) is 0 Å². The van der Waals surface area contributed by atoms with Crippen LogP contribution < -0.4 is 10.2 Å². The van der Waals surface area contributed by atoms with Gasteiger partial charge in [-0.25, -0.2) is 0 Å². The molecular weight excluding hydrogens is 367 g/mol. The number of benzene rings is 2. The first-order chi connectivity index (χ1) is 12.3. The number of halogens is 2. The van der Waals surface area contributed by atoms with Gasteiger partial charge in [0.05, 0.1) is 0 Å². The summed E-state index contributed by atoms with van der Waals surface area (Å²) in [5, 5.41) is 15.7. The van der Waals surface area contributed by atoms with Crippen LogP contribution in [0.15, 0.2) is 48.5 Å². The fourth-order valence-corrected chi connectivity index (χ4v) is 3.68. The third-order valence-corrected chi connectivity index (χ3v) is 5.02. The lowest BCUT2D eigenvalue weighted by Crippen LogP contribution is -2.32. The number of aromatic nitrogens is 2. The number of rotatable bonds is 4. The predicted octanol–water partition coefficient (Wildman–Crippen LogP) is 4.56. The van der Waals surface area contributed by atoms with Gasteiger partial charge < -0.3 is 10.2 Å². The molecular formula is C20H22Cl2N4. The quantitative estimate of drug-likeness (QED) is 0.710. The zero-order valence-corrected chi connectivity index (χ0v) is 16.2. The third kappa shape index (κ3) is 3.63. The maximum Gasteiger partial charge on any atom is 0.159 e. The van der Waals surface area contributed by atoms with Gasteiger partial charge in [-0.15, -0.1) is 22.6 Å². The fraction of sp³-hybridized carbons (Fsp3) is 0.300. The zero-order valence-electron chi connectivity index (χ0n) is 14.7. The van der Waals surface area contributed by atoms with Gasteiger partial charge in [-0.1, -0.05) is 54.9 Å². The van der Waals surface area contributed by atoms with Crippen molar-refractivity contribution in [3.8, 4) is 11.3 Å². The highest BCUT2D eigenvalue weighted by atomic mass is 35.5. The summed E-state index contributed by atoms with van der Waals surface area (Å²) >= 11 is 6.02. The molecule has 0 spiro atoms. The standard InChI is InChI=1S/C20H21ClN4.ClH/c1-2-22-16-11-12-25(13-16)20-18-6-4-3-5-17(18)19(23-24-20)14-7-9-15(21)10-8-14;/h3-10,16,22H,2,11-13H2,1H3;1H. The monoisotopic (exact) mass is 388 g/mol. The zero-order chi connectivity index (χ0) is 17.2. The molecule has 6 heteroatoms. The summed E-state index contributed by atoms with van der Waals surface area (Å²) in [6, 6.07) is 16.7. The van der Waals surface area contributed by atoms with Crippen LogP contribution in [0.2, 0.25) is 5.02 Å². The van der Waals surface area contributed by atoms with Crippen molar-refractivity contribution in [2.75, 3.05) is 24.5 Å². The number of hydrogen-bond donors (Lipinski definition) is 1. The summed E-state index contributed by atoms with van der Waals surface area (Å²) in [4.78, 5) is 2.34. The van der Waals surface area contributed by atoms with Gasteiger partial charge in [-0.2, -0.15) is 0 Å². The molecule has 4 nitrogen and oxygen atoms in total. The molecule has 1 atom stereocenters. The van der Waals surface area contributed by atoms with Crippen LogP contribution in [0, 0.1) is 0 Å². The molecule has 3 aromatic rings. The lowest BCUT2D eigenvalue weighted by molar-refractivity contribution is 0.571. The molecule has 1 aliphatic heterocycles. The van der Waals surface area contributed by atoms with E-state index in [-0.39, 0.29) is 12.4 Å². The molecule has 4 rings (SSSR count). The Morgan fingerprint density at radius 2 is 1.81 bits per heavy atom. The first kappa shape index (κ1) is 18.9. The first-order valence-electron chi connectivity index (χ1n) is 8.76. The molecule has 136 valence electrons. The molecule has 0 amide bonds. The molecule has 1 aliphatic rings. The van der Waals surface area contributed by atoms with Gasteiger partial charge in [-0.05, 0) is 25.1 Å². The summed E-state index contributed by atoms with van der Waals surface area (Å²) in [5.74, 6) is 0.980. The number of likely N-dealkylation sites (N-methyl/N-ethyl adjacent to an activating group) is 1. The van der Waals surface area contributed by atoms with Crippen LogP contribution in [0.1, 0.15) is 13.3 Å². The highest BCUT2D eigenvalue weighted by Crippen LogP contribution is 2.33. The Bertz CT molecular complexity index is 883. The smallest absolute Gasteiger partial charge is 0.159 e. The van der Waals surface area contributed by atoms with E-state index >= 15 is 0 Å². The Morgan fingerprint density at radius 3 is 2.54 bits per heavy atom. The Balaban J connectivity index is 0.00000196. The van der Waals surface area contributed by atoms with Crippen molar-refractivity contribution in [2.45, 2.75) is 19.4 Å². The number of hydrogen-bond acceptors (Lipinski definition) is 4. The van der Waals surface area contributed by atoms with Crippen molar-refractivity contribution in [3.05, 3.63) is 53.6 Å². The second-order valence-corrected chi connectivity index (χ2v) is 6.85. The Kier molecular flexibility index (Phi) is 5.97. The molecule has 26 heavy (non-hydrogen) atoms. The van der Waals surface area contributed by atoms with Crippen molar-refractivity contribution in [1.29, 1.82) is 0 Å². The minimum absolute atomic E-state index is 0. The van der Waals surface area contributed by atoms with E-state index < -0.39 is 0 Å². The van der Waals surface area contributed by atoms with Crippen molar-refractivity contribution in [3.63, 3.8) is 0 Å². The Morgan fingerprint density at radius 1 is 1.08 bits per heavy atom. The minimum atomic E-state index is 0. The summed E-state index contributed by atoms with van der Waals surface area (Å²) in [5.41, 5.74) is 1.94. The molecule has 0 radical (unpaired) electrons. The highest BCUT2D eigenvalue weighted by molar-refractivity contribution is 6.30. The Labute approximate surface area is 165 Å². The van der Waals surface area contributed by atoms with Crippen LogP contribution in [0.4, 0.5) is 5.82 Å². The molecule has 0 bridgehead atoms. The fourth-order valence-electron chi connectivity index (χ4n) is 3.55. The van der Waals surface area contributed by atoms with E-state index in [1.54, 1.807) is 0 Å². The number of nitrogens with zero attached hydrogens (tertiary/aromatic N) is 3. The lowest BCUT2D eigenvalue weighted by Gasteiger charge is -2.20. The molecule has 1 aromatic heterocycles. The summed E-state index contributed by atoms with van der Waals surface area (Å²) in [6.07, 6.45) is 1.14. The number of fused-ring (bicyclic) bond motifs is 1. The number of nitrogens with one attached hydrogen (secondary N) is 1. The van der Waals surface area contributed by atoms with Gasteiger partial charge in [0.25, 0.3) is 0 Å². The van der Waals surface area contributed by atoms with E-state index in [2.05, 4.69) is 51.6 Å². The van der Waals surface area contributed by atoms with Crippen molar-refractivity contribution < 1.29 is 0 Å². The molecule has 1 unspecified atom stereocenters. The molecule has 1 saturated heterocycles. The maximum atomic E-state index is 6.02. The predicted molar refractivity (Wildman–Crippen MR) is 112 cm³/mol. The van der Waals surface area contributed by atoms with Gasteiger partial charge in [0, 0.05) is 40.5 Å². The van der Waals surface area contributed by atoms with Crippen molar-refractivity contribution in [1.82, 2.24) is 15.5 Å². The average molecular weight is 389 g/mol. The summed E-state index contributed by atoms with van der Waals surface area (Å²) in [7, 11) is 0. The topological polar surface area (TPSA) is 41.0 Å². The average Bonchev–Trinajstić information content (AvgIpc) is 3.10. The van der Waals surface area contributed by atoms with Crippen LogP contribution in [-0.4, -0.2) is 35.9 Å². The van der Waals surface area contributed by atoms with Crippen LogP contribution in [-0.2, 0) is 0 Å². The van der Waals surface area contributed by atoms with E-state index in [4.69, 9.17) is 11.6 Å². The van der Waals surface area contributed by atoms with Crippen molar-refractivity contribution >= 4 is 40.6 Å². The highest BCUT2D eigenvalue weighted by Gasteiger charge is 2.25. The normalized spacial score (nSPS) is 16.7. The lowest BCUT2D eigenvalue weighted by atomic mass is 10.0. The Hall–Kier alpha value is -1.88. The molecule has 1 N–H and O–H groups in total. The van der Waals surface area contributed by atoms with Gasteiger partial charge in [0.2, 0.25) is 0 Å². The second-order valence-electron chi connectivity index (χ2n) is 6.41. The van der Waals surface area contributed by atoms with E-state index in [9.17, 15) is 0 Å². The van der Waals surface area contributed by atoms with E-state index in [1.807, 2.05) is 24.3 Å². The van der Waals surface area contributed by atoms with Gasteiger partial charge in [0.1, 0.15) is 5.69 Å². The number of anilines is 1. The van der Waals surface area contributed by atoms with Crippen LogP contribution in [0.25, 0.3) is 22.0 Å². The molecule has 2 aromatic carbocycles. The van der Waals surface area contributed by atoms with Crippen LogP contribution in [0.5, 0.6) is 0 Å². The molecule has 2 heterocycles. The minimum Gasteiger partial charge on any atom is -0.353 e. The summed E-state index contributed by atoms with van der Waals surface area (Å²) < 4.78 is 0. The SMILES string of the molecule is CCNC1CCN(c2nnc(-c3ccc(Cl)cc3)c3ccccc23)C1.Cl. The van der Waals surface area contributed by atoms with Crippen LogP contribution >= 0.6 is 24.0 Å². The van der Waals surface area contributed by atoms with Gasteiger partial charge in [0.15, 0.2) is 5.82 Å². The molecule has 1 fully saturated rings. The van der Waals surface area contributed by atoms with E-state index in [1.165, 1.54) is 0 Å². The van der Waals surface area contributed by atoms with E-state index in [0.29, 0.717) is 6.04 Å². The van der Waals surface area contributed by atoms with Gasteiger partial charge >= 0.3 is 0 Å². The summed E-state index contributed by atoms with van der Waals surface area (Å²) in [6.45, 7) is 5.14.